The van der Waals surface area contributed by atoms with Gasteiger partial charge in [0.15, 0.2) is 0 Å². The van der Waals surface area contributed by atoms with Gasteiger partial charge in [0, 0.05) is 31.3 Å². The summed E-state index contributed by atoms with van der Waals surface area (Å²) >= 11 is 0. The first-order valence-electron chi connectivity index (χ1n) is 9.77. The fraction of sp³-hybridized carbons (Fsp3) is 0.409. The second kappa shape index (κ2) is 8.63. The Morgan fingerprint density at radius 2 is 2.04 bits per heavy atom. The summed E-state index contributed by atoms with van der Waals surface area (Å²) in [6, 6.07) is 11.8. The Balaban J connectivity index is 1.41. The summed E-state index contributed by atoms with van der Waals surface area (Å²) < 4.78 is 17.0. The normalized spacial score (nSPS) is 16.8. The van der Waals surface area contributed by atoms with Crippen LogP contribution in [0.15, 0.2) is 42.6 Å². The lowest BCUT2D eigenvalue weighted by Gasteiger charge is -2.19. The molecule has 3 aromatic rings. The van der Waals surface area contributed by atoms with Gasteiger partial charge in [-0.15, -0.1) is 0 Å². The van der Waals surface area contributed by atoms with Crippen molar-refractivity contribution < 1.29 is 14.2 Å². The highest BCUT2D eigenvalue weighted by Crippen LogP contribution is 2.34. The second-order valence-corrected chi connectivity index (χ2v) is 7.18. The monoisotopic (exact) mass is 381 g/mol. The molecule has 6 nitrogen and oxygen atoms in total. The van der Waals surface area contributed by atoms with E-state index in [2.05, 4.69) is 28.0 Å². The van der Waals surface area contributed by atoms with Gasteiger partial charge in [0.1, 0.15) is 23.8 Å². The summed E-state index contributed by atoms with van der Waals surface area (Å²) in [5, 5.41) is 1.18. The van der Waals surface area contributed by atoms with E-state index in [1.807, 2.05) is 36.5 Å². The zero-order chi connectivity index (χ0) is 19.3. The lowest BCUT2D eigenvalue weighted by atomic mass is 10.1. The molecule has 1 aromatic carbocycles. The van der Waals surface area contributed by atoms with Gasteiger partial charge >= 0.3 is 0 Å². The van der Waals surface area contributed by atoms with E-state index in [1.165, 1.54) is 16.6 Å². The fourth-order valence-corrected chi connectivity index (χ4v) is 3.69. The zero-order valence-electron chi connectivity index (χ0n) is 16.5. The van der Waals surface area contributed by atoms with Gasteiger partial charge in [0.2, 0.25) is 0 Å². The first kappa shape index (κ1) is 18.8. The molecule has 1 aliphatic rings. The van der Waals surface area contributed by atoms with Crippen LogP contribution in [0, 0.1) is 0 Å². The molecule has 1 fully saturated rings. The number of rotatable bonds is 8. The number of fused-ring (bicyclic) bond motifs is 1. The van der Waals surface area contributed by atoms with E-state index >= 15 is 0 Å². The van der Waals surface area contributed by atoms with Crippen LogP contribution >= 0.6 is 0 Å². The number of ether oxygens (including phenoxy) is 3. The summed E-state index contributed by atoms with van der Waals surface area (Å²) in [5.41, 5.74) is 3.39. The molecule has 0 amide bonds. The van der Waals surface area contributed by atoms with E-state index in [-0.39, 0.29) is 6.10 Å². The van der Waals surface area contributed by atoms with Gasteiger partial charge in [0.05, 0.1) is 18.9 Å². The van der Waals surface area contributed by atoms with Crippen LogP contribution in [-0.2, 0) is 11.3 Å². The largest absolute Gasteiger partial charge is 0.497 e. The average molecular weight is 381 g/mol. The Morgan fingerprint density at radius 3 is 2.79 bits per heavy atom. The molecule has 4 rings (SSSR count). The summed E-state index contributed by atoms with van der Waals surface area (Å²) in [6.07, 6.45) is 4.14. The summed E-state index contributed by atoms with van der Waals surface area (Å²) in [7, 11) is 3.78. The number of H-pyrrole nitrogens is 1. The molecule has 0 unspecified atom stereocenters. The van der Waals surface area contributed by atoms with Crippen LogP contribution in [0.25, 0.3) is 11.0 Å². The Hall–Kier alpha value is -2.57. The van der Waals surface area contributed by atoms with Crippen molar-refractivity contribution in [2.45, 2.75) is 25.5 Å². The lowest BCUT2D eigenvalue weighted by Crippen LogP contribution is -2.24. The van der Waals surface area contributed by atoms with E-state index in [4.69, 9.17) is 14.2 Å². The number of aromatic nitrogens is 2. The van der Waals surface area contributed by atoms with E-state index in [0.717, 1.165) is 49.7 Å². The first-order chi connectivity index (χ1) is 13.7. The van der Waals surface area contributed by atoms with Gasteiger partial charge in [-0.3, -0.25) is 4.90 Å². The quantitative estimate of drug-likeness (QED) is 0.641. The van der Waals surface area contributed by atoms with Gasteiger partial charge in [-0.1, -0.05) is 0 Å². The average Bonchev–Trinajstić information content (AvgIpc) is 3.37. The van der Waals surface area contributed by atoms with Gasteiger partial charge in [-0.05, 0) is 61.9 Å². The van der Waals surface area contributed by atoms with Crippen molar-refractivity contribution in [1.29, 1.82) is 0 Å². The highest BCUT2D eigenvalue weighted by Gasteiger charge is 2.25. The second-order valence-electron chi connectivity index (χ2n) is 7.18. The third kappa shape index (κ3) is 4.13. The Labute approximate surface area is 165 Å². The number of benzene rings is 1. The van der Waals surface area contributed by atoms with Crippen LogP contribution < -0.4 is 9.47 Å². The van der Waals surface area contributed by atoms with Crippen LogP contribution in [0.5, 0.6) is 11.5 Å². The van der Waals surface area contributed by atoms with E-state index < -0.39 is 0 Å². The van der Waals surface area contributed by atoms with Crippen molar-refractivity contribution in [1.82, 2.24) is 14.9 Å². The molecule has 6 heteroatoms. The van der Waals surface area contributed by atoms with Crippen LogP contribution in [0.2, 0.25) is 0 Å². The number of hydrogen-bond acceptors (Lipinski definition) is 5. The molecule has 0 bridgehead atoms. The van der Waals surface area contributed by atoms with Crippen LogP contribution in [0.1, 0.15) is 30.2 Å². The molecular weight excluding hydrogens is 354 g/mol. The molecule has 1 aliphatic heterocycles. The number of nitrogens with zero attached hydrogens (tertiary/aromatic N) is 2. The third-order valence-corrected chi connectivity index (χ3v) is 5.19. The number of nitrogens with one attached hydrogen (secondary N) is 1. The van der Waals surface area contributed by atoms with Gasteiger partial charge in [-0.25, -0.2) is 4.98 Å². The minimum absolute atomic E-state index is 0.146. The van der Waals surface area contributed by atoms with Crippen molar-refractivity contribution in [3.8, 4) is 11.5 Å². The van der Waals surface area contributed by atoms with E-state index in [0.29, 0.717) is 6.61 Å². The molecular formula is C22H27N3O3. The first-order valence-corrected chi connectivity index (χ1v) is 9.77. The maximum Gasteiger partial charge on any atom is 0.137 e. The maximum atomic E-state index is 5.94. The highest BCUT2D eigenvalue weighted by molar-refractivity contribution is 5.81. The predicted octanol–water partition coefficient (Wildman–Crippen LogP) is 3.93. The SMILES string of the molecule is COc1ccc(OCCN(C)Cc2c([C@H]3CCCO3)[nH]c3ncccc23)cc1. The maximum absolute atomic E-state index is 5.94. The van der Waals surface area contributed by atoms with Crippen LogP contribution in [0.3, 0.4) is 0 Å². The van der Waals surface area contributed by atoms with E-state index in [1.54, 1.807) is 7.11 Å². The van der Waals surface area contributed by atoms with Gasteiger partial charge in [0.25, 0.3) is 0 Å². The third-order valence-electron chi connectivity index (χ3n) is 5.19. The van der Waals surface area contributed by atoms with Crippen LogP contribution in [0.4, 0.5) is 0 Å². The minimum atomic E-state index is 0.146. The summed E-state index contributed by atoms with van der Waals surface area (Å²) in [4.78, 5) is 10.3. The molecule has 2 aromatic heterocycles. The fourth-order valence-electron chi connectivity index (χ4n) is 3.69. The van der Waals surface area contributed by atoms with Crippen molar-refractivity contribution in [2.75, 3.05) is 33.9 Å². The Kier molecular flexibility index (Phi) is 5.78. The molecule has 0 aliphatic carbocycles. The molecule has 0 spiro atoms. The number of hydrogen-bond donors (Lipinski definition) is 1. The zero-order valence-corrected chi connectivity index (χ0v) is 16.5. The Morgan fingerprint density at radius 1 is 1.21 bits per heavy atom. The molecule has 0 radical (unpaired) electrons. The minimum Gasteiger partial charge on any atom is -0.497 e. The van der Waals surface area contributed by atoms with Crippen molar-refractivity contribution in [3.63, 3.8) is 0 Å². The van der Waals surface area contributed by atoms with Gasteiger partial charge in [-0.2, -0.15) is 0 Å². The highest BCUT2D eigenvalue weighted by atomic mass is 16.5. The molecule has 28 heavy (non-hydrogen) atoms. The molecule has 1 saturated heterocycles. The number of methoxy groups -OCH3 is 1. The molecule has 148 valence electrons. The van der Waals surface area contributed by atoms with Gasteiger partial charge < -0.3 is 19.2 Å². The Bertz CT molecular complexity index is 901. The standard InChI is InChI=1S/C22H27N3O3/c1-25(12-14-27-17-9-7-16(26-2)8-10-17)15-19-18-5-3-11-23-22(18)24-21(19)20-6-4-13-28-20/h3,5,7-11,20H,4,6,12-15H2,1-2H3,(H,23,24)/t20-/m1/s1. The summed E-state index contributed by atoms with van der Waals surface area (Å²) in [6.45, 7) is 3.11. The number of likely N-dealkylation sites (N-methyl/N-ethyl adjacent to an activating group) is 1. The van der Waals surface area contributed by atoms with E-state index in [9.17, 15) is 0 Å². The van der Waals surface area contributed by atoms with Crippen molar-refractivity contribution in [2.24, 2.45) is 0 Å². The summed E-state index contributed by atoms with van der Waals surface area (Å²) in [5.74, 6) is 1.68. The predicted molar refractivity (Wildman–Crippen MR) is 109 cm³/mol. The number of pyridine rings is 1. The molecule has 1 N–H and O–H groups in total. The van der Waals surface area contributed by atoms with Crippen molar-refractivity contribution >= 4 is 11.0 Å². The number of aromatic amines is 1. The van der Waals surface area contributed by atoms with Crippen molar-refractivity contribution in [3.05, 3.63) is 53.9 Å². The smallest absolute Gasteiger partial charge is 0.137 e. The van der Waals surface area contributed by atoms with Crippen LogP contribution in [-0.4, -0.2) is 48.8 Å². The topological polar surface area (TPSA) is 59.6 Å². The molecule has 1 atom stereocenters. The molecule has 0 saturated carbocycles. The lowest BCUT2D eigenvalue weighted by molar-refractivity contribution is 0.107. The molecule has 3 heterocycles.